The van der Waals surface area contributed by atoms with Gasteiger partial charge < -0.3 is 15.0 Å². The molecule has 0 spiro atoms. The summed E-state index contributed by atoms with van der Waals surface area (Å²) in [5.41, 5.74) is 0. The summed E-state index contributed by atoms with van der Waals surface area (Å²) in [5.74, 6) is 0.549. The van der Waals surface area contributed by atoms with Gasteiger partial charge in [0.1, 0.15) is 0 Å². The van der Waals surface area contributed by atoms with Crippen LogP contribution in [0, 0.1) is 5.92 Å². The number of ether oxygens (including phenoxy) is 1. The Morgan fingerprint density at radius 1 is 1.64 bits per heavy atom. The van der Waals surface area contributed by atoms with E-state index in [-0.39, 0.29) is 6.09 Å². The number of carbonyl (C=O) groups excluding carboxylic acids is 1. The molecular formula is C10H20N2O2. The van der Waals surface area contributed by atoms with Gasteiger partial charge in [0.05, 0.1) is 7.11 Å². The van der Waals surface area contributed by atoms with Crippen molar-refractivity contribution in [1.82, 2.24) is 10.2 Å². The molecule has 0 bridgehead atoms. The number of hydrogen-bond donors (Lipinski definition) is 1. The average molecular weight is 200 g/mol. The Morgan fingerprint density at radius 3 is 2.93 bits per heavy atom. The molecule has 1 N–H and O–H groups in total. The smallest absolute Gasteiger partial charge is 0.409 e. The van der Waals surface area contributed by atoms with Crippen molar-refractivity contribution in [2.45, 2.75) is 25.8 Å². The van der Waals surface area contributed by atoms with Crippen LogP contribution in [0.1, 0.15) is 19.8 Å². The van der Waals surface area contributed by atoms with Crippen molar-refractivity contribution in [3.05, 3.63) is 0 Å². The Kier molecular flexibility index (Phi) is 4.20. The topological polar surface area (TPSA) is 41.6 Å². The van der Waals surface area contributed by atoms with Gasteiger partial charge >= 0.3 is 6.09 Å². The van der Waals surface area contributed by atoms with Crippen LogP contribution >= 0.6 is 0 Å². The first-order valence-corrected chi connectivity index (χ1v) is 5.19. The molecule has 0 aromatic rings. The van der Waals surface area contributed by atoms with Crippen molar-refractivity contribution in [2.75, 3.05) is 27.2 Å². The van der Waals surface area contributed by atoms with Crippen LogP contribution in [0.4, 0.5) is 4.79 Å². The molecule has 82 valence electrons. The van der Waals surface area contributed by atoms with Crippen LogP contribution in [-0.2, 0) is 4.74 Å². The molecule has 0 aromatic heterocycles. The number of amides is 1. The third-order valence-corrected chi connectivity index (χ3v) is 3.05. The molecule has 1 amide bonds. The summed E-state index contributed by atoms with van der Waals surface area (Å²) in [5, 5.41) is 3.23. The minimum Gasteiger partial charge on any atom is -0.453 e. The van der Waals surface area contributed by atoms with Crippen LogP contribution in [-0.4, -0.2) is 44.3 Å². The van der Waals surface area contributed by atoms with Crippen LogP contribution in [0.25, 0.3) is 0 Å². The van der Waals surface area contributed by atoms with E-state index < -0.39 is 0 Å². The van der Waals surface area contributed by atoms with Gasteiger partial charge in [0.15, 0.2) is 0 Å². The van der Waals surface area contributed by atoms with Crippen LogP contribution in [0.15, 0.2) is 0 Å². The molecule has 2 atom stereocenters. The lowest BCUT2D eigenvalue weighted by atomic mass is 9.92. The molecule has 1 fully saturated rings. The zero-order valence-electron chi connectivity index (χ0n) is 9.25. The maximum Gasteiger partial charge on any atom is 0.409 e. The fraction of sp³-hybridized carbons (Fsp3) is 0.900. The minimum absolute atomic E-state index is 0.196. The second-order valence-corrected chi connectivity index (χ2v) is 3.90. The van der Waals surface area contributed by atoms with E-state index in [1.165, 1.54) is 13.5 Å². The van der Waals surface area contributed by atoms with Crippen molar-refractivity contribution in [2.24, 2.45) is 5.92 Å². The highest BCUT2D eigenvalue weighted by atomic mass is 16.5. The van der Waals surface area contributed by atoms with Crippen molar-refractivity contribution < 1.29 is 9.53 Å². The number of rotatable bonds is 2. The summed E-state index contributed by atoms with van der Waals surface area (Å²) in [6.45, 7) is 3.81. The molecule has 0 radical (unpaired) electrons. The molecule has 0 aromatic carbocycles. The van der Waals surface area contributed by atoms with Crippen LogP contribution in [0.3, 0.4) is 0 Å². The molecule has 4 heteroatoms. The largest absolute Gasteiger partial charge is 0.453 e. The molecule has 2 unspecified atom stereocenters. The number of hydrogen-bond acceptors (Lipinski definition) is 3. The zero-order chi connectivity index (χ0) is 10.6. The SMILES string of the molecule is CNC(C)C1CCCN(C(=O)OC)C1. The van der Waals surface area contributed by atoms with Gasteiger partial charge in [0.2, 0.25) is 0 Å². The van der Waals surface area contributed by atoms with E-state index in [9.17, 15) is 4.79 Å². The highest BCUT2D eigenvalue weighted by Crippen LogP contribution is 2.19. The Balaban J connectivity index is 2.47. The second kappa shape index (κ2) is 5.20. The summed E-state index contributed by atoms with van der Waals surface area (Å²) < 4.78 is 4.72. The lowest BCUT2D eigenvalue weighted by Crippen LogP contribution is -2.45. The highest BCUT2D eigenvalue weighted by molar-refractivity contribution is 5.67. The van der Waals surface area contributed by atoms with Crippen LogP contribution in [0.5, 0.6) is 0 Å². The zero-order valence-corrected chi connectivity index (χ0v) is 9.25. The number of methoxy groups -OCH3 is 1. The summed E-state index contributed by atoms with van der Waals surface area (Å²) in [6.07, 6.45) is 2.07. The lowest BCUT2D eigenvalue weighted by Gasteiger charge is -2.34. The lowest BCUT2D eigenvalue weighted by molar-refractivity contribution is 0.0964. The van der Waals surface area contributed by atoms with E-state index in [2.05, 4.69) is 12.2 Å². The predicted octanol–water partition coefficient (Wildman–Crippen LogP) is 1.07. The fourth-order valence-corrected chi connectivity index (χ4v) is 1.95. The van der Waals surface area contributed by atoms with Crippen molar-refractivity contribution in [1.29, 1.82) is 0 Å². The number of carbonyl (C=O) groups is 1. The third-order valence-electron chi connectivity index (χ3n) is 3.05. The molecule has 1 heterocycles. The molecule has 1 saturated heterocycles. The maximum atomic E-state index is 11.3. The third kappa shape index (κ3) is 2.61. The second-order valence-electron chi connectivity index (χ2n) is 3.90. The van der Waals surface area contributed by atoms with Gasteiger partial charge in [-0.25, -0.2) is 4.79 Å². The average Bonchev–Trinajstić information content (AvgIpc) is 2.27. The molecule has 1 aliphatic rings. The molecule has 14 heavy (non-hydrogen) atoms. The highest BCUT2D eigenvalue weighted by Gasteiger charge is 2.26. The number of piperidine rings is 1. The Bertz CT molecular complexity index is 197. The quantitative estimate of drug-likeness (QED) is 0.725. The standard InChI is InChI=1S/C10H20N2O2/c1-8(11-2)9-5-4-6-12(7-9)10(13)14-3/h8-9,11H,4-7H2,1-3H3. The van der Waals surface area contributed by atoms with Gasteiger partial charge in [-0.15, -0.1) is 0 Å². The van der Waals surface area contributed by atoms with Gasteiger partial charge in [0.25, 0.3) is 0 Å². The minimum atomic E-state index is -0.196. The van der Waals surface area contributed by atoms with Crippen molar-refractivity contribution in [3.63, 3.8) is 0 Å². The summed E-state index contributed by atoms with van der Waals surface area (Å²) >= 11 is 0. The van der Waals surface area contributed by atoms with Gasteiger partial charge in [-0.1, -0.05) is 0 Å². The van der Waals surface area contributed by atoms with Crippen LogP contribution < -0.4 is 5.32 Å². The van der Waals surface area contributed by atoms with Gasteiger partial charge in [0, 0.05) is 19.1 Å². The van der Waals surface area contributed by atoms with Gasteiger partial charge in [-0.2, -0.15) is 0 Å². The molecule has 0 saturated carbocycles. The predicted molar refractivity (Wildman–Crippen MR) is 55.2 cm³/mol. The van der Waals surface area contributed by atoms with Crippen molar-refractivity contribution in [3.8, 4) is 0 Å². The molecule has 0 aliphatic carbocycles. The summed E-state index contributed by atoms with van der Waals surface area (Å²) in [4.78, 5) is 13.1. The fourth-order valence-electron chi connectivity index (χ4n) is 1.95. The van der Waals surface area contributed by atoms with E-state index in [1.807, 2.05) is 7.05 Å². The van der Waals surface area contributed by atoms with Crippen LogP contribution in [0.2, 0.25) is 0 Å². The first-order chi connectivity index (χ1) is 6.69. The Hall–Kier alpha value is -0.770. The molecule has 4 nitrogen and oxygen atoms in total. The first kappa shape index (κ1) is 11.3. The van der Waals surface area contributed by atoms with Gasteiger partial charge in [-0.05, 0) is 32.7 Å². The molecule has 1 aliphatic heterocycles. The van der Waals surface area contributed by atoms with E-state index in [1.54, 1.807) is 4.90 Å². The Labute approximate surface area is 85.6 Å². The number of nitrogens with zero attached hydrogens (tertiary/aromatic N) is 1. The maximum absolute atomic E-state index is 11.3. The number of likely N-dealkylation sites (tertiary alicyclic amines) is 1. The Morgan fingerprint density at radius 2 is 2.36 bits per heavy atom. The van der Waals surface area contributed by atoms with E-state index in [4.69, 9.17) is 4.74 Å². The van der Waals surface area contributed by atoms with E-state index in [0.29, 0.717) is 12.0 Å². The normalized spacial score (nSPS) is 24.5. The summed E-state index contributed by atoms with van der Waals surface area (Å²) in [7, 11) is 3.40. The molecular weight excluding hydrogens is 180 g/mol. The summed E-state index contributed by atoms with van der Waals surface area (Å²) in [6, 6.07) is 0.461. The molecule has 1 rings (SSSR count). The first-order valence-electron chi connectivity index (χ1n) is 5.19. The van der Waals surface area contributed by atoms with Crippen molar-refractivity contribution >= 4 is 6.09 Å². The van der Waals surface area contributed by atoms with E-state index >= 15 is 0 Å². The monoisotopic (exact) mass is 200 g/mol. The van der Waals surface area contributed by atoms with E-state index in [0.717, 1.165) is 19.5 Å². The number of nitrogens with one attached hydrogen (secondary N) is 1. The van der Waals surface area contributed by atoms with Gasteiger partial charge in [-0.3, -0.25) is 0 Å².